The molecule has 0 radical (unpaired) electrons. The zero-order valence-corrected chi connectivity index (χ0v) is 15.7. The molecule has 4 rings (SSSR count). The second kappa shape index (κ2) is 8.50. The van der Waals surface area contributed by atoms with Crippen molar-refractivity contribution in [3.63, 3.8) is 0 Å². The lowest BCUT2D eigenvalue weighted by Crippen LogP contribution is -2.12. The molecule has 29 heavy (non-hydrogen) atoms. The number of hydrogen-bond donors (Lipinski definition) is 1. The minimum atomic E-state index is -0.384. The Morgan fingerprint density at radius 2 is 1.62 bits per heavy atom. The molecule has 0 saturated carbocycles. The first-order chi connectivity index (χ1) is 14.2. The molecule has 6 heteroatoms. The smallest absolute Gasteiger partial charge is 0.270 e. The second-order valence-corrected chi connectivity index (χ2v) is 6.68. The summed E-state index contributed by atoms with van der Waals surface area (Å²) in [6.45, 7) is 1.32. The van der Waals surface area contributed by atoms with Gasteiger partial charge in [0.1, 0.15) is 0 Å². The molecule has 0 aliphatic rings. The number of nitrogens with one attached hydrogen (secondary N) is 1. The van der Waals surface area contributed by atoms with Gasteiger partial charge in [-0.3, -0.25) is 10.1 Å². The average Bonchev–Trinajstić information content (AvgIpc) is 3.19. The van der Waals surface area contributed by atoms with Crippen LogP contribution in [0.4, 0.5) is 5.69 Å². The largest absolute Gasteiger partial charge is 0.308 e. The third-order valence-corrected chi connectivity index (χ3v) is 4.63. The highest BCUT2D eigenvalue weighted by Crippen LogP contribution is 2.27. The predicted molar refractivity (Wildman–Crippen MR) is 113 cm³/mol. The summed E-state index contributed by atoms with van der Waals surface area (Å²) in [7, 11) is 0. The number of rotatable bonds is 7. The van der Waals surface area contributed by atoms with Gasteiger partial charge in [-0.1, -0.05) is 60.7 Å². The van der Waals surface area contributed by atoms with Crippen molar-refractivity contribution in [3.8, 4) is 16.9 Å². The molecule has 0 fully saturated rings. The first-order valence-electron chi connectivity index (χ1n) is 9.34. The van der Waals surface area contributed by atoms with E-state index >= 15 is 0 Å². The number of para-hydroxylation sites is 1. The van der Waals surface area contributed by atoms with Crippen molar-refractivity contribution < 1.29 is 4.92 Å². The summed E-state index contributed by atoms with van der Waals surface area (Å²) >= 11 is 0. The quantitative estimate of drug-likeness (QED) is 0.369. The van der Waals surface area contributed by atoms with Crippen molar-refractivity contribution in [2.24, 2.45) is 0 Å². The second-order valence-electron chi connectivity index (χ2n) is 6.68. The summed E-state index contributed by atoms with van der Waals surface area (Å²) in [6, 6.07) is 26.6. The number of nitro groups is 1. The van der Waals surface area contributed by atoms with Crippen LogP contribution >= 0.6 is 0 Å². The Hall–Kier alpha value is -3.77. The molecule has 1 N–H and O–H groups in total. The fourth-order valence-electron chi connectivity index (χ4n) is 3.20. The van der Waals surface area contributed by atoms with Gasteiger partial charge in [0.25, 0.3) is 5.69 Å². The molecule has 0 aliphatic heterocycles. The van der Waals surface area contributed by atoms with Gasteiger partial charge in [0, 0.05) is 42.5 Å². The first-order valence-corrected chi connectivity index (χ1v) is 9.34. The molecule has 3 aromatic carbocycles. The molecule has 0 unspecified atom stereocenters. The van der Waals surface area contributed by atoms with Gasteiger partial charge in [-0.2, -0.15) is 5.10 Å². The van der Waals surface area contributed by atoms with E-state index in [4.69, 9.17) is 5.10 Å². The van der Waals surface area contributed by atoms with Crippen molar-refractivity contribution in [1.29, 1.82) is 0 Å². The summed E-state index contributed by atoms with van der Waals surface area (Å²) in [5.74, 6) is 0. The fraction of sp³-hybridized carbons (Fsp3) is 0.0870. The van der Waals surface area contributed by atoms with E-state index in [1.165, 1.54) is 11.6 Å². The Labute approximate surface area is 168 Å². The molecule has 1 aromatic heterocycles. The van der Waals surface area contributed by atoms with Gasteiger partial charge in [0.15, 0.2) is 0 Å². The van der Waals surface area contributed by atoms with E-state index < -0.39 is 0 Å². The predicted octanol–water partition coefficient (Wildman–Crippen LogP) is 4.74. The third-order valence-electron chi connectivity index (χ3n) is 4.63. The molecule has 0 spiro atoms. The van der Waals surface area contributed by atoms with E-state index in [0.717, 1.165) is 29.1 Å². The zero-order chi connectivity index (χ0) is 20.1. The number of hydrogen-bond acceptors (Lipinski definition) is 4. The Kier molecular flexibility index (Phi) is 5.45. The first kappa shape index (κ1) is 18.6. The average molecular weight is 384 g/mol. The molecule has 6 nitrogen and oxygen atoms in total. The number of benzene rings is 3. The molecular weight excluding hydrogens is 364 g/mol. The van der Waals surface area contributed by atoms with Gasteiger partial charge >= 0.3 is 0 Å². The van der Waals surface area contributed by atoms with Gasteiger partial charge in [-0.05, 0) is 17.7 Å². The Morgan fingerprint density at radius 3 is 2.34 bits per heavy atom. The molecule has 0 bridgehead atoms. The van der Waals surface area contributed by atoms with Gasteiger partial charge in [-0.15, -0.1) is 0 Å². The lowest BCUT2D eigenvalue weighted by Gasteiger charge is -2.05. The van der Waals surface area contributed by atoms with Crippen molar-refractivity contribution in [3.05, 3.63) is 112 Å². The number of non-ortho nitro benzene ring substituents is 1. The lowest BCUT2D eigenvalue weighted by molar-refractivity contribution is -0.384. The van der Waals surface area contributed by atoms with Crippen LogP contribution < -0.4 is 5.32 Å². The third kappa shape index (κ3) is 4.39. The van der Waals surface area contributed by atoms with Gasteiger partial charge in [0.2, 0.25) is 0 Å². The standard InChI is InChI=1S/C23H20N4O2/c28-27(29)22-13-7-10-19(14-22)23-20(16-24-15-18-8-3-1-4-9-18)17-26(25-23)21-11-5-2-6-12-21/h1-14,17,24H,15-16H2. The molecule has 1 heterocycles. The number of nitrogens with zero attached hydrogens (tertiary/aromatic N) is 3. The van der Waals surface area contributed by atoms with Crippen LogP contribution in [0.5, 0.6) is 0 Å². The summed E-state index contributed by atoms with van der Waals surface area (Å²) in [6.07, 6.45) is 1.97. The molecule has 4 aromatic rings. The molecule has 0 amide bonds. The molecular formula is C23H20N4O2. The van der Waals surface area contributed by atoms with E-state index in [1.54, 1.807) is 12.1 Å². The SMILES string of the molecule is O=[N+]([O-])c1cccc(-c2nn(-c3ccccc3)cc2CNCc2ccccc2)c1. The van der Waals surface area contributed by atoms with Crippen LogP contribution in [0.1, 0.15) is 11.1 Å². The number of nitro benzene ring substituents is 1. The highest BCUT2D eigenvalue weighted by Gasteiger charge is 2.15. The Balaban J connectivity index is 1.65. The van der Waals surface area contributed by atoms with Crippen molar-refractivity contribution in [2.75, 3.05) is 0 Å². The Morgan fingerprint density at radius 1 is 0.897 bits per heavy atom. The lowest BCUT2D eigenvalue weighted by atomic mass is 10.1. The highest BCUT2D eigenvalue weighted by molar-refractivity contribution is 5.66. The van der Waals surface area contributed by atoms with Gasteiger partial charge in [0.05, 0.1) is 16.3 Å². The van der Waals surface area contributed by atoms with Crippen molar-refractivity contribution >= 4 is 5.69 Å². The molecule has 0 aliphatic carbocycles. The normalized spacial score (nSPS) is 10.8. The van der Waals surface area contributed by atoms with Crippen LogP contribution in [-0.2, 0) is 13.1 Å². The maximum atomic E-state index is 11.2. The van der Waals surface area contributed by atoms with Crippen LogP contribution in [0.25, 0.3) is 16.9 Å². The van der Waals surface area contributed by atoms with Crippen LogP contribution in [0.2, 0.25) is 0 Å². The minimum Gasteiger partial charge on any atom is -0.308 e. The van der Waals surface area contributed by atoms with E-state index in [-0.39, 0.29) is 10.6 Å². The van der Waals surface area contributed by atoms with E-state index in [1.807, 2.05) is 65.5 Å². The fourth-order valence-corrected chi connectivity index (χ4v) is 3.20. The summed E-state index contributed by atoms with van der Waals surface area (Å²) in [5.41, 5.74) is 4.63. The van der Waals surface area contributed by atoms with Crippen molar-refractivity contribution in [1.82, 2.24) is 15.1 Å². The molecule has 0 atom stereocenters. The topological polar surface area (TPSA) is 73.0 Å². The monoisotopic (exact) mass is 384 g/mol. The van der Waals surface area contributed by atoms with Crippen LogP contribution in [0.15, 0.2) is 91.1 Å². The maximum absolute atomic E-state index is 11.2. The maximum Gasteiger partial charge on any atom is 0.270 e. The summed E-state index contributed by atoms with van der Waals surface area (Å²) < 4.78 is 1.81. The summed E-state index contributed by atoms with van der Waals surface area (Å²) in [5, 5.41) is 19.4. The van der Waals surface area contributed by atoms with Crippen LogP contribution in [0.3, 0.4) is 0 Å². The van der Waals surface area contributed by atoms with E-state index in [2.05, 4.69) is 17.4 Å². The van der Waals surface area contributed by atoms with Gasteiger partial charge in [-0.25, -0.2) is 4.68 Å². The van der Waals surface area contributed by atoms with Crippen molar-refractivity contribution in [2.45, 2.75) is 13.1 Å². The number of aromatic nitrogens is 2. The Bertz CT molecular complexity index is 1110. The van der Waals surface area contributed by atoms with Crippen LogP contribution in [-0.4, -0.2) is 14.7 Å². The van der Waals surface area contributed by atoms with Gasteiger partial charge < -0.3 is 5.32 Å². The van der Waals surface area contributed by atoms with E-state index in [9.17, 15) is 10.1 Å². The summed E-state index contributed by atoms with van der Waals surface area (Å²) in [4.78, 5) is 10.8. The van der Waals surface area contributed by atoms with E-state index in [0.29, 0.717) is 6.54 Å². The van der Waals surface area contributed by atoms with Crippen LogP contribution in [0, 0.1) is 10.1 Å². The molecule has 144 valence electrons. The zero-order valence-electron chi connectivity index (χ0n) is 15.7. The highest BCUT2D eigenvalue weighted by atomic mass is 16.6. The minimum absolute atomic E-state index is 0.0555. The molecule has 0 saturated heterocycles.